The van der Waals surface area contributed by atoms with Crippen LogP contribution >= 0.6 is 0 Å². The van der Waals surface area contributed by atoms with E-state index in [-0.39, 0.29) is 34.8 Å². The third-order valence-electron chi connectivity index (χ3n) is 5.11. The summed E-state index contributed by atoms with van der Waals surface area (Å²) in [5, 5.41) is 19.8. The highest BCUT2D eigenvalue weighted by Crippen LogP contribution is 2.55. The predicted molar refractivity (Wildman–Crippen MR) is 95.9 cm³/mol. The van der Waals surface area contributed by atoms with E-state index in [9.17, 15) is 14.0 Å². The van der Waals surface area contributed by atoms with Gasteiger partial charge in [-0.2, -0.15) is 15.3 Å². The molecular weight excluding hydrogens is 352 g/mol. The van der Waals surface area contributed by atoms with E-state index in [1.807, 2.05) is 20.0 Å². The fourth-order valence-electron chi connectivity index (χ4n) is 3.03. The number of nitrogens with zero attached hydrogens (tertiary/aromatic N) is 5. The molecule has 0 bridgehead atoms. The third kappa shape index (κ3) is 3.44. The van der Waals surface area contributed by atoms with Gasteiger partial charge in [-0.05, 0) is 33.1 Å². The van der Waals surface area contributed by atoms with Crippen molar-refractivity contribution in [1.29, 1.82) is 5.26 Å². The normalized spacial score (nSPS) is 24.4. The van der Waals surface area contributed by atoms with Gasteiger partial charge in [0.15, 0.2) is 0 Å². The number of nitrogens with one attached hydrogen (secondary N) is 2. The van der Waals surface area contributed by atoms with Crippen LogP contribution in [0.3, 0.4) is 0 Å². The molecule has 0 unspecified atom stereocenters. The topological polar surface area (TPSA) is 91.5 Å². The van der Waals surface area contributed by atoms with Gasteiger partial charge in [0, 0.05) is 25.4 Å². The van der Waals surface area contributed by atoms with Crippen molar-refractivity contribution in [3.63, 3.8) is 0 Å². The summed E-state index contributed by atoms with van der Waals surface area (Å²) in [7, 11) is 0. The Hall–Kier alpha value is -2.76. The number of hydrogen-bond acceptors (Lipinski definition) is 6. The van der Waals surface area contributed by atoms with E-state index in [1.54, 1.807) is 4.68 Å². The van der Waals surface area contributed by atoms with Gasteiger partial charge >= 0.3 is 0 Å². The molecule has 2 aromatic rings. The maximum Gasteiger partial charge on any atom is 0.275 e. The van der Waals surface area contributed by atoms with Crippen molar-refractivity contribution in [3.05, 3.63) is 23.7 Å². The summed E-state index contributed by atoms with van der Waals surface area (Å²) in [4.78, 5) is 8.32. The lowest BCUT2D eigenvalue weighted by Crippen LogP contribution is -2.16. The van der Waals surface area contributed by atoms with E-state index in [4.69, 9.17) is 0 Å². The van der Waals surface area contributed by atoms with E-state index in [1.165, 1.54) is 0 Å². The molecule has 2 aromatic heterocycles. The molecule has 2 fully saturated rings. The molecular formula is C18H21F2N7. The number of aromatic nitrogens is 4. The Balaban J connectivity index is 1.58. The molecule has 7 nitrogen and oxygen atoms in total. The maximum atomic E-state index is 13.8. The highest BCUT2D eigenvalue weighted by Gasteiger charge is 2.53. The van der Waals surface area contributed by atoms with E-state index >= 15 is 0 Å². The van der Waals surface area contributed by atoms with Crippen LogP contribution in [-0.4, -0.2) is 25.8 Å². The number of anilines is 3. The molecule has 0 amide bonds. The number of aryl methyl sites for hydroxylation is 1. The zero-order chi connectivity index (χ0) is 19.4. The summed E-state index contributed by atoms with van der Waals surface area (Å²) in [6, 6.07) is 2.55. The summed E-state index contributed by atoms with van der Waals surface area (Å²) < 4.78 is 29.4. The molecule has 0 saturated heterocycles. The number of alkyl halides is 2. The molecule has 4 rings (SSSR count). The molecule has 9 heteroatoms. The number of hydrogen-bond donors (Lipinski definition) is 2. The molecule has 2 saturated carbocycles. The zero-order valence-corrected chi connectivity index (χ0v) is 15.4. The van der Waals surface area contributed by atoms with Gasteiger partial charge in [-0.3, -0.25) is 4.68 Å². The van der Waals surface area contributed by atoms with Gasteiger partial charge in [0.25, 0.3) is 5.92 Å². The summed E-state index contributed by atoms with van der Waals surface area (Å²) in [5.41, 5.74) is 0.820. The van der Waals surface area contributed by atoms with Gasteiger partial charge in [-0.1, -0.05) is 0 Å². The van der Waals surface area contributed by atoms with Crippen LogP contribution in [0.1, 0.15) is 50.4 Å². The van der Waals surface area contributed by atoms with Crippen molar-refractivity contribution in [2.45, 2.75) is 58.0 Å². The van der Waals surface area contributed by atoms with E-state index < -0.39 is 5.92 Å². The van der Waals surface area contributed by atoms with Crippen LogP contribution in [0.25, 0.3) is 0 Å². The average molecular weight is 373 g/mol. The third-order valence-corrected chi connectivity index (χ3v) is 5.11. The molecule has 0 aromatic carbocycles. The van der Waals surface area contributed by atoms with Crippen LogP contribution in [0.4, 0.5) is 26.2 Å². The summed E-state index contributed by atoms with van der Waals surface area (Å²) in [6.45, 7) is 4.58. The number of rotatable bonds is 6. The predicted octanol–water partition coefficient (Wildman–Crippen LogP) is 3.89. The Morgan fingerprint density at radius 2 is 2.15 bits per heavy atom. The van der Waals surface area contributed by atoms with Crippen molar-refractivity contribution in [3.8, 4) is 6.07 Å². The Labute approximate surface area is 155 Å². The lowest BCUT2D eigenvalue weighted by molar-refractivity contribution is 0.0176. The second-order valence-electron chi connectivity index (χ2n) is 7.75. The van der Waals surface area contributed by atoms with E-state index in [0.717, 1.165) is 38.1 Å². The SMILES string of the molecule is Cc1nn([C@H]2C[C@@]2(C)C#N)cc1Nc1ncc(C(C)(F)F)c(NC2CC2)n1. The van der Waals surface area contributed by atoms with Gasteiger partial charge in [0.2, 0.25) is 5.95 Å². The maximum absolute atomic E-state index is 13.8. The van der Waals surface area contributed by atoms with Crippen molar-refractivity contribution in [1.82, 2.24) is 19.7 Å². The molecule has 2 atom stereocenters. The summed E-state index contributed by atoms with van der Waals surface area (Å²) in [5.74, 6) is -2.64. The molecule has 2 aliphatic carbocycles. The van der Waals surface area contributed by atoms with Gasteiger partial charge in [-0.25, -0.2) is 13.8 Å². The van der Waals surface area contributed by atoms with Gasteiger partial charge in [0.1, 0.15) is 5.82 Å². The van der Waals surface area contributed by atoms with Gasteiger partial charge in [0.05, 0.1) is 34.5 Å². The number of nitriles is 1. The van der Waals surface area contributed by atoms with Crippen LogP contribution < -0.4 is 10.6 Å². The Kier molecular flexibility index (Phi) is 3.84. The van der Waals surface area contributed by atoms with Gasteiger partial charge < -0.3 is 10.6 Å². The van der Waals surface area contributed by atoms with Crippen molar-refractivity contribution >= 4 is 17.5 Å². The molecule has 0 spiro atoms. The minimum atomic E-state index is -3.02. The minimum absolute atomic E-state index is 0.0471. The van der Waals surface area contributed by atoms with Crippen LogP contribution in [0.5, 0.6) is 0 Å². The van der Waals surface area contributed by atoms with Crippen LogP contribution in [0, 0.1) is 23.7 Å². The van der Waals surface area contributed by atoms with Crippen LogP contribution in [0.2, 0.25) is 0 Å². The molecule has 0 aliphatic heterocycles. The Bertz CT molecular complexity index is 923. The average Bonchev–Trinajstić information content (AvgIpc) is 3.49. The van der Waals surface area contributed by atoms with Crippen molar-refractivity contribution in [2.24, 2.45) is 5.41 Å². The van der Waals surface area contributed by atoms with Crippen LogP contribution in [-0.2, 0) is 5.92 Å². The molecule has 2 N–H and O–H groups in total. The quantitative estimate of drug-likeness (QED) is 0.798. The largest absolute Gasteiger partial charge is 0.367 e. The Morgan fingerprint density at radius 1 is 1.41 bits per heavy atom. The monoisotopic (exact) mass is 373 g/mol. The first-order valence-corrected chi connectivity index (χ1v) is 8.95. The van der Waals surface area contributed by atoms with Crippen molar-refractivity contribution < 1.29 is 8.78 Å². The second kappa shape index (κ2) is 5.87. The number of halogens is 2. The molecule has 142 valence electrons. The molecule has 27 heavy (non-hydrogen) atoms. The highest BCUT2D eigenvalue weighted by molar-refractivity contribution is 5.58. The van der Waals surface area contributed by atoms with E-state index in [2.05, 4.69) is 31.8 Å². The fourth-order valence-corrected chi connectivity index (χ4v) is 3.03. The van der Waals surface area contributed by atoms with Crippen LogP contribution in [0.15, 0.2) is 12.4 Å². The fraction of sp³-hybridized carbons (Fsp3) is 0.556. The standard InChI is InChI=1S/C18H21F2N7/c1-10-13(8-27(26-10)14-6-17(14,2)9-21)24-16-22-7-12(18(3,19)20)15(25-16)23-11-4-5-11/h7-8,11,14H,4-6H2,1-3H3,(H2,22,23,24,25)/t14-,17-/m0/s1. The molecule has 2 heterocycles. The van der Waals surface area contributed by atoms with Crippen molar-refractivity contribution in [2.75, 3.05) is 10.6 Å². The highest BCUT2D eigenvalue weighted by atomic mass is 19.3. The lowest BCUT2D eigenvalue weighted by atomic mass is 10.2. The molecule has 0 radical (unpaired) electrons. The minimum Gasteiger partial charge on any atom is -0.367 e. The first-order valence-electron chi connectivity index (χ1n) is 8.95. The molecule has 2 aliphatic rings. The smallest absolute Gasteiger partial charge is 0.275 e. The first kappa shape index (κ1) is 17.6. The summed E-state index contributed by atoms with van der Waals surface area (Å²) in [6.07, 6.45) is 5.63. The Morgan fingerprint density at radius 3 is 2.74 bits per heavy atom. The van der Waals surface area contributed by atoms with Gasteiger partial charge in [-0.15, -0.1) is 0 Å². The summed E-state index contributed by atoms with van der Waals surface area (Å²) >= 11 is 0. The lowest BCUT2D eigenvalue weighted by Gasteiger charge is -2.16. The zero-order valence-electron chi connectivity index (χ0n) is 15.4. The second-order valence-corrected chi connectivity index (χ2v) is 7.75. The van der Waals surface area contributed by atoms with E-state index in [0.29, 0.717) is 5.69 Å². The first-order chi connectivity index (χ1) is 12.7.